The highest BCUT2D eigenvalue weighted by molar-refractivity contribution is 7.89. The fraction of sp³-hybridized carbons (Fsp3) is 0.368. The van der Waals surface area contributed by atoms with Crippen LogP contribution in [0, 0.1) is 0 Å². The summed E-state index contributed by atoms with van der Waals surface area (Å²) in [5.41, 5.74) is 1.17. The minimum absolute atomic E-state index is 0.00539. The molecule has 1 aliphatic carbocycles. The lowest BCUT2D eigenvalue weighted by atomic mass is 10.0. The molecule has 0 atom stereocenters. The molecule has 29 heavy (non-hydrogen) atoms. The third-order valence-corrected chi connectivity index (χ3v) is 7.71. The van der Waals surface area contributed by atoms with E-state index in [4.69, 9.17) is 16.7 Å². The Bertz CT molecular complexity index is 1290. The first-order valence-corrected chi connectivity index (χ1v) is 11.1. The maximum absolute atomic E-state index is 13.0. The molecule has 0 radical (unpaired) electrons. The van der Waals surface area contributed by atoms with Gasteiger partial charge in [-0.2, -0.15) is 4.31 Å². The minimum Gasteiger partial charge on any atom is -0.481 e. The second-order valence-corrected chi connectivity index (χ2v) is 9.72. The highest BCUT2D eigenvalue weighted by atomic mass is 35.5. The molecule has 1 aromatic carbocycles. The van der Waals surface area contributed by atoms with E-state index in [1.165, 1.54) is 16.4 Å². The van der Waals surface area contributed by atoms with Gasteiger partial charge in [0.15, 0.2) is 0 Å². The molecule has 0 unspecified atom stereocenters. The number of aromatic amines is 2. The Balaban J connectivity index is 1.90. The van der Waals surface area contributed by atoms with Crippen molar-refractivity contribution in [3.8, 4) is 0 Å². The van der Waals surface area contributed by atoms with Gasteiger partial charge in [0.25, 0.3) is 5.56 Å². The molecule has 0 bridgehead atoms. The topological polar surface area (TPSA) is 123 Å². The Morgan fingerprint density at radius 2 is 2.07 bits per heavy atom. The highest BCUT2D eigenvalue weighted by Gasteiger charge is 2.36. The number of aryl methyl sites for hydroxylation is 1. The average Bonchev–Trinajstić information content (AvgIpc) is 3.40. The van der Waals surface area contributed by atoms with Gasteiger partial charge in [-0.15, -0.1) is 0 Å². The van der Waals surface area contributed by atoms with Crippen molar-refractivity contribution in [2.45, 2.75) is 43.0 Å². The Labute approximate surface area is 171 Å². The molecule has 1 saturated carbocycles. The van der Waals surface area contributed by atoms with Crippen molar-refractivity contribution in [2.24, 2.45) is 0 Å². The first kappa shape index (κ1) is 19.9. The van der Waals surface area contributed by atoms with E-state index in [-0.39, 0.29) is 27.9 Å². The van der Waals surface area contributed by atoms with Gasteiger partial charge in [0.2, 0.25) is 10.0 Å². The fourth-order valence-electron chi connectivity index (χ4n) is 3.61. The SMILES string of the molecule is CN(C1CC1)S(=O)(=O)c1cc2c(cc1Cl)[nH]c(=O)c1[nH]cc(CCCC(=O)O)c12. The van der Waals surface area contributed by atoms with Crippen molar-refractivity contribution in [3.05, 3.63) is 39.3 Å². The number of fused-ring (bicyclic) bond motifs is 3. The van der Waals surface area contributed by atoms with Gasteiger partial charge in [-0.05, 0) is 43.4 Å². The average molecular weight is 438 g/mol. The summed E-state index contributed by atoms with van der Waals surface area (Å²) in [7, 11) is -2.23. The number of halogens is 1. The number of hydrogen-bond acceptors (Lipinski definition) is 4. The first-order valence-electron chi connectivity index (χ1n) is 9.25. The van der Waals surface area contributed by atoms with E-state index in [1.54, 1.807) is 13.2 Å². The van der Waals surface area contributed by atoms with E-state index in [1.807, 2.05) is 0 Å². The van der Waals surface area contributed by atoms with E-state index in [9.17, 15) is 18.0 Å². The molecule has 8 nitrogen and oxygen atoms in total. The number of hydrogen-bond donors (Lipinski definition) is 3. The fourth-order valence-corrected chi connectivity index (χ4v) is 5.56. The number of nitrogens with zero attached hydrogens (tertiary/aromatic N) is 1. The van der Waals surface area contributed by atoms with Crippen LogP contribution in [-0.4, -0.2) is 46.9 Å². The molecular weight excluding hydrogens is 418 g/mol. The lowest BCUT2D eigenvalue weighted by Gasteiger charge is -2.18. The zero-order valence-electron chi connectivity index (χ0n) is 15.7. The summed E-state index contributed by atoms with van der Waals surface area (Å²) in [6, 6.07) is 2.94. The molecule has 4 rings (SSSR count). The molecule has 0 amide bonds. The number of H-pyrrole nitrogens is 2. The lowest BCUT2D eigenvalue weighted by Crippen LogP contribution is -2.29. The standard InChI is InChI=1S/C19H20ClN3O5S/c1-23(11-5-6-11)29(27,28)15-7-12-14(8-13(15)20)22-19(26)18-17(12)10(9-21-18)3-2-4-16(24)25/h7-9,11,21H,2-6H2,1H3,(H,22,26)(H,24,25). The Kier molecular flexibility index (Phi) is 4.92. The van der Waals surface area contributed by atoms with Crippen molar-refractivity contribution >= 4 is 49.4 Å². The summed E-state index contributed by atoms with van der Waals surface area (Å²) >= 11 is 6.29. The zero-order valence-corrected chi connectivity index (χ0v) is 17.2. The van der Waals surface area contributed by atoms with Crippen LogP contribution < -0.4 is 5.56 Å². The molecule has 2 aromatic heterocycles. The van der Waals surface area contributed by atoms with E-state index in [0.29, 0.717) is 34.6 Å². The van der Waals surface area contributed by atoms with Crippen LogP contribution in [0.1, 0.15) is 31.2 Å². The van der Waals surface area contributed by atoms with Crippen LogP contribution >= 0.6 is 11.6 Å². The van der Waals surface area contributed by atoms with Gasteiger partial charge in [0, 0.05) is 36.5 Å². The van der Waals surface area contributed by atoms with Gasteiger partial charge in [0.1, 0.15) is 10.4 Å². The summed E-state index contributed by atoms with van der Waals surface area (Å²) in [4.78, 5) is 28.9. The van der Waals surface area contributed by atoms with E-state index in [2.05, 4.69) is 9.97 Å². The number of aliphatic carboxylic acids is 1. The highest BCUT2D eigenvalue weighted by Crippen LogP contribution is 2.36. The molecule has 154 valence electrons. The second kappa shape index (κ2) is 7.16. The molecule has 3 aromatic rings. The molecule has 0 aliphatic heterocycles. The number of aromatic nitrogens is 2. The van der Waals surface area contributed by atoms with Crippen LogP contribution in [-0.2, 0) is 21.2 Å². The summed E-state index contributed by atoms with van der Waals surface area (Å²) in [5.74, 6) is -0.893. The molecule has 1 aliphatic rings. The van der Waals surface area contributed by atoms with Gasteiger partial charge >= 0.3 is 5.97 Å². The lowest BCUT2D eigenvalue weighted by molar-refractivity contribution is -0.137. The smallest absolute Gasteiger partial charge is 0.303 e. The summed E-state index contributed by atoms with van der Waals surface area (Å²) in [5, 5.41) is 10.1. The number of carboxylic acids is 1. The molecule has 2 heterocycles. The van der Waals surface area contributed by atoms with E-state index in [0.717, 1.165) is 18.4 Å². The maximum Gasteiger partial charge on any atom is 0.303 e. The van der Waals surface area contributed by atoms with Gasteiger partial charge in [-0.25, -0.2) is 8.42 Å². The summed E-state index contributed by atoms with van der Waals surface area (Å²) in [6.45, 7) is 0. The molecule has 0 saturated heterocycles. The predicted octanol–water partition coefficient (Wildman–Crippen LogP) is 2.85. The maximum atomic E-state index is 13.0. The number of rotatable bonds is 7. The molecular formula is C19H20ClN3O5S. The van der Waals surface area contributed by atoms with Gasteiger partial charge in [-0.3, -0.25) is 9.59 Å². The second-order valence-electron chi connectivity index (χ2n) is 7.35. The minimum atomic E-state index is -3.78. The third-order valence-electron chi connectivity index (χ3n) is 5.33. The number of carbonyl (C=O) groups is 1. The summed E-state index contributed by atoms with van der Waals surface area (Å²) in [6.07, 6.45) is 4.16. The van der Waals surface area contributed by atoms with Crippen LogP contribution in [0.5, 0.6) is 0 Å². The van der Waals surface area contributed by atoms with Crippen molar-refractivity contribution in [1.82, 2.24) is 14.3 Å². The Morgan fingerprint density at radius 3 is 2.72 bits per heavy atom. The Morgan fingerprint density at radius 1 is 1.34 bits per heavy atom. The summed E-state index contributed by atoms with van der Waals surface area (Å²) < 4.78 is 27.4. The molecule has 1 fully saturated rings. The van der Waals surface area contributed by atoms with Crippen molar-refractivity contribution in [1.29, 1.82) is 0 Å². The number of sulfonamides is 1. The van der Waals surface area contributed by atoms with E-state index < -0.39 is 16.0 Å². The largest absolute Gasteiger partial charge is 0.481 e. The van der Waals surface area contributed by atoms with Gasteiger partial charge in [0.05, 0.1) is 10.5 Å². The van der Waals surface area contributed by atoms with Crippen molar-refractivity contribution < 1.29 is 18.3 Å². The zero-order chi connectivity index (χ0) is 20.9. The molecule has 0 spiro atoms. The first-order chi connectivity index (χ1) is 13.7. The molecule has 3 N–H and O–H groups in total. The quantitative estimate of drug-likeness (QED) is 0.524. The van der Waals surface area contributed by atoms with Crippen LogP contribution in [0.2, 0.25) is 5.02 Å². The number of nitrogens with one attached hydrogen (secondary N) is 2. The van der Waals surface area contributed by atoms with Crippen LogP contribution in [0.4, 0.5) is 0 Å². The van der Waals surface area contributed by atoms with Crippen LogP contribution in [0.25, 0.3) is 21.8 Å². The third kappa shape index (κ3) is 3.54. The Hall–Kier alpha value is -2.36. The van der Waals surface area contributed by atoms with Crippen molar-refractivity contribution in [3.63, 3.8) is 0 Å². The van der Waals surface area contributed by atoms with E-state index >= 15 is 0 Å². The van der Waals surface area contributed by atoms with Gasteiger partial charge < -0.3 is 15.1 Å². The van der Waals surface area contributed by atoms with Crippen LogP contribution in [0.15, 0.2) is 28.0 Å². The molecule has 10 heteroatoms. The van der Waals surface area contributed by atoms with Gasteiger partial charge in [-0.1, -0.05) is 11.6 Å². The normalized spacial score (nSPS) is 14.9. The predicted molar refractivity (Wildman–Crippen MR) is 110 cm³/mol. The van der Waals surface area contributed by atoms with Crippen LogP contribution in [0.3, 0.4) is 0 Å². The number of benzene rings is 1. The number of carboxylic acid groups (broad SMARTS) is 1. The number of pyridine rings is 1. The monoisotopic (exact) mass is 437 g/mol. The van der Waals surface area contributed by atoms with Crippen molar-refractivity contribution in [2.75, 3.05) is 7.05 Å².